The number of aromatic nitrogens is 3. The van der Waals surface area contributed by atoms with Crippen LogP contribution in [0.25, 0.3) is 22.3 Å². The smallest absolute Gasteiger partial charge is 0.255 e. The summed E-state index contributed by atoms with van der Waals surface area (Å²) >= 11 is 1.72. The van der Waals surface area contributed by atoms with E-state index in [2.05, 4.69) is 22.6 Å². The normalized spacial score (nSPS) is 16.6. The number of fused-ring (bicyclic) bond motifs is 1. The standard InChI is InChI=1S/C23H22N4OS/c1-15-21-17(23(28)27-12-6-10-19(27)20-11-7-13-29-20)14-18(16-8-4-3-5-9-16)24-22(21)26(2)25-15/h3-5,7-9,11,13-14,19H,6,10,12H2,1-2H3. The topological polar surface area (TPSA) is 51.0 Å². The number of nitrogens with zero attached hydrogens (tertiary/aromatic N) is 4. The number of carbonyl (C=O) groups excluding carboxylic acids is 1. The molecule has 1 amide bonds. The first-order chi connectivity index (χ1) is 14.1. The highest BCUT2D eigenvalue weighted by atomic mass is 32.1. The molecule has 1 aliphatic heterocycles. The molecule has 146 valence electrons. The molecule has 0 N–H and O–H groups in total. The molecule has 1 unspecified atom stereocenters. The van der Waals surface area contributed by atoms with E-state index in [0.29, 0.717) is 5.56 Å². The number of amides is 1. The van der Waals surface area contributed by atoms with Crippen molar-refractivity contribution >= 4 is 28.3 Å². The first-order valence-electron chi connectivity index (χ1n) is 9.87. The van der Waals surface area contributed by atoms with Crippen molar-refractivity contribution in [2.45, 2.75) is 25.8 Å². The van der Waals surface area contributed by atoms with Crippen LogP contribution in [0, 0.1) is 6.92 Å². The van der Waals surface area contributed by atoms with Gasteiger partial charge in [0.1, 0.15) is 0 Å². The molecule has 0 spiro atoms. The zero-order valence-electron chi connectivity index (χ0n) is 16.5. The van der Waals surface area contributed by atoms with E-state index in [1.54, 1.807) is 16.0 Å². The minimum Gasteiger partial charge on any atom is -0.331 e. The van der Waals surface area contributed by atoms with Crippen LogP contribution in [0.3, 0.4) is 0 Å². The van der Waals surface area contributed by atoms with Crippen molar-refractivity contribution in [1.29, 1.82) is 0 Å². The molecule has 1 fully saturated rings. The van der Waals surface area contributed by atoms with Gasteiger partial charge >= 0.3 is 0 Å². The third-order valence-corrected chi connectivity index (χ3v) is 6.63. The Kier molecular flexibility index (Phi) is 4.43. The number of hydrogen-bond donors (Lipinski definition) is 0. The molecule has 5 rings (SSSR count). The average Bonchev–Trinajstić information content (AvgIpc) is 3.48. The van der Waals surface area contributed by atoms with Gasteiger partial charge in [-0.1, -0.05) is 36.4 Å². The van der Waals surface area contributed by atoms with Crippen molar-refractivity contribution in [3.8, 4) is 11.3 Å². The average molecular weight is 403 g/mol. The second-order valence-electron chi connectivity index (χ2n) is 7.50. The third kappa shape index (κ3) is 3.04. The molecule has 4 aromatic rings. The summed E-state index contributed by atoms with van der Waals surface area (Å²) < 4.78 is 1.77. The Balaban J connectivity index is 1.66. The molecule has 0 saturated carbocycles. The second kappa shape index (κ2) is 7.12. The Morgan fingerprint density at radius 2 is 2.00 bits per heavy atom. The number of rotatable bonds is 3. The molecule has 1 aromatic carbocycles. The van der Waals surface area contributed by atoms with Crippen molar-refractivity contribution in [3.05, 3.63) is 70.0 Å². The molecular formula is C23H22N4OS. The van der Waals surface area contributed by atoms with E-state index >= 15 is 0 Å². The number of thiophene rings is 1. The summed E-state index contributed by atoms with van der Waals surface area (Å²) in [6.45, 7) is 2.73. The van der Waals surface area contributed by atoms with Crippen molar-refractivity contribution in [3.63, 3.8) is 0 Å². The van der Waals surface area contributed by atoms with Crippen LogP contribution < -0.4 is 0 Å². The van der Waals surface area contributed by atoms with Gasteiger partial charge in [0.15, 0.2) is 5.65 Å². The van der Waals surface area contributed by atoms with Crippen LogP contribution in [-0.4, -0.2) is 32.1 Å². The number of pyridine rings is 1. The van der Waals surface area contributed by atoms with Crippen LogP contribution in [0.15, 0.2) is 53.9 Å². The van der Waals surface area contributed by atoms with Crippen molar-refractivity contribution < 1.29 is 4.79 Å². The number of likely N-dealkylation sites (tertiary alicyclic amines) is 1. The van der Waals surface area contributed by atoms with E-state index < -0.39 is 0 Å². The maximum Gasteiger partial charge on any atom is 0.255 e. The summed E-state index contributed by atoms with van der Waals surface area (Å²) in [6, 6.07) is 16.3. The Morgan fingerprint density at radius 1 is 1.17 bits per heavy atom. The van der Waals surface area contributed by atoms with Crippen molar-refractivity contribution in [2.75, 3.05) is 6.54 Å². The fourth-order valence-electron chi connectivity index (χ4n) is 4.31. The van der Waals surface area contributed by atoms with Crippen LogP contribution in [0.2, 0.25) is 0 Å². The van der Waals surface area contributed by atoms with Gasteiger partial charge in [0.25, 0.3) is 5.91 Å². The Bertz CT molecular complexity index is 1180. The molecular weight excluding hydrogens is 380 g/mol. The molecule has 1 saturated heterocycles. The maximum absolute atomic E-state index is 13.8. The van der Waals surface area contributed by atoms with E-state index in [9.17, 15) is 4.79 Å². The van der Waals surface area contributed by atoms with E-state index in [0.717, 1.165) is 47.4 Å². The first kappa shape index (κ1) is 18.1. The van der Waals surface area contributed by atoms with Gasteiger partial charge in [-0.15, -0.1) is 11.3 Å². The summed E-state index contributed by atoms with van der Waals surface area (Å²) in [7, 11) is 1.88. The molecule has 29 heavy (non-hydrogen) atoms. The summed E-state index contributed by atoms with van der Waals surface area (Å²) in [5.74, 6) is 0.0709. The number of hydrogen-bond acceptors (Lipinski definition) is 4. The molecule has 6 heteroatoms. The van der Waals surface area contributed by atoms with Crippen molar-refractivity contribution in [2.24, 2.45) is 7.05 Å². The fourth-order valence-corrected chi connectivity index (χ4v) is 5.19. The summed E-state index contributed by atoms with van der Waals surface area (Å²) in [4.78, 5) is 21.9. The van der Waals surface area contributed by atoms with Gasteiger partial charge in [-0.05, 0) is 37.3 Å². The third-order valence-electron chi connectivity index (χ3n) is 5.65. The fraction of sp³-hybridized carbons (Fsp3) is 0.261. The molecule has 0 radical (unpaired) electrons. The zero-order chi connectivity index (χ0) is 20.0. The van der Waals surface area contributed by atoms with Crippen LogP contribution in [0.5, 0.6) is 0 Å². The van der Waals surface area contributed by atoms with E-state index in [1.807, 2.05) is 55.3 Å². The largest absolute Gasteiger partial charge is 0.331 e. The zero-order valence-corrected chi connectivity index (χ0v) is 17.3. The molecule has 3 aromatic heterocycles. The van der Waals surface area contributed by atoms with E-state index in [1.165, 1.54) is 4.88 Å². The Hall–Kier alpha value is -2.99. The predicted octanol–water partition coefficient (Wildman–Crippen LogP) is 4.98. The number of carbonyl (C=O) groups is 1. The molecule has 5 nitrogen and oxygen atoms in total. The van der Waals surface area contributed by atoms with E-state index in [-0.39, 0.29) is 11.9 Å². The second-order valence-corrected chi connectivity index (χ2v) is 8.48. The molecule has 0 bridgehead atoms. The highest BCUT2D eigenvalue weighted by molar-refractivity contribution is 7.10. The number of benzene rings is 1. The van der Waals surface area contributed by atoms with Gasteiger partial charge in [-0.2, -0.15) is 5.10 Å². The van der Waals surface area contributed by atoms with Crippen LogP contribution >= 0.6 is 11.3 Å². The lowest BCUT2D eigenvalue weighted by molar-refractivity contribution is 0.0740. The van der Waals surface area contributed by atoms with Gasteiger partial charge in [0, 0.05) is 24.0 Å². The monoisotopic (exact) mass is 402 g/mol. The molecule has 1 atom stereocenters. The van der Waals surface area contributed by atoms with Crippen molar-refractivity contribution in [1.82, 2.24) is 19.7 Å². The minimum absolute atomic E-state index is 0.0709. The Labute approximate surface area is 173 Å². The van der Waals surface area contributed by atoms with E-state index in [4.69, 9.17) is 4.98 Å². The lowest BCUT2D eigenvalue weighted by atomic mass is 10.0. The summed E-state index contributed by atoms with van der Waals surface area (Å²) in [5.41, 5.74) is 4.08. The predicted molar refractivity (Wildman–Crippen MR) is 116 cm³/mol. The quantitative estimate of drug-likeness (QED) is 0.485. The minimum atomic E-state index is 0.0709. The highest BCUT2D eigenvalue weighted by Gasteiger charge is 2.33. The van der Waals surface area contributed by atoms with Gasteiger partial charge in [0.2, 0.25) is 0 Å². The lowest BCUT2D eigenvalue weighted by Gasteiger charge is -2.24. The van der Waals surface area contributed by atoms with Gasteiger partial charge in [-0.25, -0.2) is 4.98 Å². The first-order valence-corrected chi connectivity index (χ1v) is 10.8. The summed E-state index contributed by atoms with van der Waals surface area (Å²) in [6.07, 6.45) is 2.04. The lowest BCUT2D eigenvalue weighted by Crippen LogP contribution is -2.30. The molecule has 1 aliphatic rings. The SMILES string of the molecule is Cc1nn(C)c2nc(-c3ccccc3)cc(C(=O)N3CCCC3c3cccs3)c12. The van der Waals surface area contributed by atoms with Gasteiger partial charge in [0.05, 0.1) is 28.4 Å². The van der Waals surface area contributed by atoms with Gasteiger partial charge < -0.3 is 4.90 Å². The highest BCUT2D eigenvalue weighted by Crippen LogP contribution is 2.37. The van der Waals surface area contributed by atoms with Crippen LogP contribution in [-0.2, 0) is 7.05 Å². The molecule has 0 aliphatic carbocycles. The maximum atomic E-state index is 13.8. The van der Waals surface area contributed by atoms with Crippen LogP contribution in [0.1, 0.15) is 39.8 Å². The van der Waals surface area contributed by atoms with Gasteiger partial charge in [-0.3, -0.25) is 9.48 Å². The Morgan fingerprint density at radius 3 is 2.76 bits per heavy atom. The molecule has 4 heterocycles. The number of aryl methyl sites for hydroxylation is 2. The summed E-state index contributed by atoms with van der Waals surface area (Å²) in [5, 5.41) is 7.49. The van der Waals surface area contributed by atoms with Crippen LogP contribution in [0.4, 0.5) is 0 Å².